The molecular formula is C20H14N3S+. The molecule has 0 radical (unpaired) electrons. The second-order valence-corrected chi connectivity index (χ2v) is 6.66. The Morgan fingerprint density at radius 1 is 0.750 bits per heavy atom. The lowest BCUT2D eigenvalue weighted by Gasteiger charge is -1.95. The number of hydrogen-bond donors (Lipinski definition) is 0. The third-order valence-corrected chi connectivity index (χ3v) is 5.24. The summed E-state index contributed by atoms with van der Waals surface area (Å²) in [6.07, 6.45) is 0. The van der Waals surface area contributed by atoms with E-state index in [1.54, 1.807) is 11.3 Å². The van der Waals surface area contributed by atoms with E-state index in [0.29, 0.717) is 0 Å². The number of hydrogen-bond acceptors (Lipinski definition) is 2. The highest BCUT2D eigenvalue weighted by atomic mass is 32.1. The van der Waals surface area contributed by atoms with Crippen molar-refractivity contribution in [3.8, 4) is 16.9 Å². The molecule has 4 heteroatoms. The third kappa shape index (κ3) is 1.97. The minimum atomic E-state index is 1.01. The van der Waals surface area contributed by atoms with Gasteiger partial charge in [0.2, 0.25) is 0 Å². The molecule has 5 rings (SSSR count). The third-order valence-electron chi connectivity index (χ3n) is 4.11. The first-order valence-electron chi connectivity index (χ1n) is 7.85. The van der Waals surface area contributed by atoms with Gasteiger partial charge in [-0.3, -0.25) is 0 Å². The van der Waals surface area contributed by atoms with Crippen molar-refractivity contribution in [3.05, 3.63) is 84.9 Å². The summed E-state index contributed by atoms with van der Waals surface area (Å²) < 4.78 is 3.47. The van der Waals surface area contributed by atoms with E-state index in [2.05, 4.69) is 65.2 Å². The van der Waals surface area contributed by atoms with Gasteiger partial charge in [0.1, 0.15) is 5.69 Å². The zero-order valence-corrected chi connectivity index (χ0v) is 13.6. The molecule has 24 heavy (non-hydrogen) atoms. The van der Waals surface area contributed by atoms with Crippen molar-refractivity contribution in [2.45, 2.75) is 0 Å². The van der Waals surface area contributed by atoms with Crippen LogP contribution in [-0.4, -0.2) is 9.90 Å². The quantitative estimate of drug-likeness (QED) is 0.438. The van der Waals surface area contributed by atoms with Crippen LogP contribution in [0.15, 0.2) is 84.9 Å². The van der Waals surface area contributed by atoms with E-state index in [9.17, 15) is 0 Å². The van der Waals surface area contributed by atoms with E-state index in [0.717, 1.165) is 21.8 Å². The molecule has 0 amide bonds. The topological polar surface area (TPSA) is 21.9 Å². The fraction of sp³-hybridized carbons (Fsp3) is 0. The van der Waals surface area contributed by atoms with Gasteiger partial charge in [-0.25, -0.2) is 0 Å². The molecule has 0 atom stereocenters. The molecular weight excluding hydrogens is 314 g/mol. The van der Waals surface area contributed by atoms with Gasteiger partial charge < -0.3 is 0 Å². The van der Waals surface area contributed by atoms with Crippen LogP contribution in [0.3, 0.4) is 0 Å². The molecule has 0 saturated heterocycles. The molecule has 3 nitrogen and oxygen atoms in total. The number of nitrogens with zero attached hydrogens (tertiary/aromatic N) is 3. The number of fused-ring (bicyclic) bond motifs is 3. The molecule has 114 valence electrons. The van der Waals surface area contributed by atoms with Gasteiger partial charge in [-0.15, -0.1) is 4.52 Å². The van der Waals surface area contributed by atoms with Crippen LogP contribution >= 0.6 is 11.3 Å². The molecule has 5 aromatic rings. The van der Waals surface area contributed by atoms with Gasteiger partial charge in [0, 0.05) is 5.56 Å². The molecule has 0 aliphatic rings. The number of aromatic nitrogens is 3. The van der Waals surface area contributed by atoms with Gasteiger partial charge in [-0.05, 0) is 29.1 Å². The van der Waals surface area contributed by atoms with Gasteiger partial charge in [0.25, 0.3) is 10.5 Å². The van der Waals surface area contributed by atoms with Crippen molar-refractivity contribution in [3.63, 3.8) is 0 Å². The normalized spacial score (nSPS) is 11.3. The van der Waals surface area contributed by atoms with E-state index in [1.807, 2.05) is 29.1 Å². The van der Waals surface area contributed by atoms with Crippen LogP contribution in [0.2, 0.25) is 0 Å². The van der Waals surface area contributed by atoms with Gasteiger partial charge in [-0.2, -0.15) is 0 Å². The van der Waals surface area contributed by atoms with E-state index >= 15 is 0 Å². The predicted octanol–water partition coefficient (Wildman–Crippen LogP) is 4.49. The lowest BCUT2D eigenvalue weighted by Crippen LogP contribution is -2.31. The maximum Gasteiger partial charge on any atom is 0.268 e. The number of rotatable bonds is 2. The SMILES string of the molecule is c1ccc(-c2nn(-c3ccccc3)[n+]3c2sc2ccccc23)cc1. The molecule has 0 bridgehead atoms. The summed E-state index contributed by atoms with van der Waals surface area (Å²) >= 11 is 1.78. The van der Waals surface area contributed by atoms with E-state index in [-0.39, 0.29) is 0 Å². The molecule has 2 heterocycles. The lowest BCUT2D eigenvalue weighted by molar-refractivity contribution is -0.573. The number of para-hydroxylation sites is 2. The maximum absolute atomic E-state index is 4.93. The second-order valence-electron chi connectivity index (χ2n) is 5.63. The highest BCUT2D eigenvalue weighted by molar-refractivity contribution is 7.23. The average Bonchev–Trinajstić information content (AvgIpc) is 3.20. The van der Waals surface area contributed by atoms with Crippen molar-refractivity contribution in [2.75, 3.05) is 0 Å². The van der Waals surface area contributed by atoms with Crippen molar-refractivity contribution in [1.82, 2.24) is 9.90 Å². The Hall–Kier alpha value is -2.98. The number of benzene rings is 3. The molecule has 0 aliphatic heterocycles. The standard InChI is InChI=1S/C20H14N3S/c1-3-9-15(10-4-1)19-20-22(17-13-7-8-14-18(17)24-20)23(21-19)16-11-5-2-6-12-16/h1-14H/q+1. The Bertz CT molecular complexity index is 1140. The monoisotopic (exact) mass is 328 g/mol. The van der Waals surface area contributed by atoms with Crippen LogP contribution in [0.25, 0.3) is 32.0 Å². The molecule has 0 unspecified atom stereocenters. The predicted molar refractivity (Wildman–Crippen MR) is 97.5 cm³/mol. The minimum Gasteiger partial charge on any atom is -0.101 e. The maximum atomic E-state index is 4.93. The van der Waals surface area contributed by atoms with Gasteiger partial charge >= 0.3 is 0 Å². The van der Waals surface area contributed by atoms with Crippen LogP contribution in [-0.2, 0) is 0 Å². The Morgan fingerprint density at radius 3 is 2.21 bits per heavy atom. The van der Waals surface area contributed by atoms with Gasteiger partial charge in [0.15, 0.2) is 5.52 Å². The van der Waals surface area contributed by atoms with Crippen molar-refractivity contribution >= 4 is 26.4 Å². The molecule has 0 spiro atoms. The zero-order valence-electron chi connectivity index (χ0n) is 12.8. The zero-order chi connectivity index (χ0) is 15.9. The second kappa shape index (κ2) is 5.28. The Morgan fingerprint density at radius 2 is 1.42 bits per heavy atom. The average molecular weight is 328 g/mol. The van der Waals surface area contributed by atoms with Crippen LogP contribution in [0.5, 0.6) is 0 Å². The van der Waals surface area contributed by atoms with Gasteiger partial charge in [-0.1, -0.05) is 72.0 Å². The van der Waals surface area contributed by atoms with Gasteiger partial charge in [0.05, 0.1) is 9.80 Å². The van der Waals surface area contributed by atoms with Crippen molar-refractivity contribution in [2.24, 2.45) is 0 Å². The molecule has 0 aliphatic carbocycles. The van der Waals surface area contributed by atoms with Crippen LogP contribution in [0.4, 0.5) is 0 Å². The summed E-state index contributed by atoms with van der Waals surface area (Å²) in [5.74, 6) is 0. The fourth-order valence-electron chi connectivity index (χ4n) is 3.01. The Balaban J connectivity index is 1.92. The minimum absolute atomic E-state index is 1.01. The largest absolute Gasteiger partial charge is 0.268 e. The molecule has 0 N–H and O–H groups in total. The van der Waals surface area contributed by atoms with E-state index < -0.39 is 0 Å². The highest BCUT2D eigenvalue weighted by Crippen LogP contribution is 2.29. The van der Waals surface area contributed by atoms with E-state index in [1.165, 1.54) is 10.2 Å². The summed E-state index contributed by atoms with van der Waals surface area (Å²) in [6.45, 7) is 0. The van der Waals surface area contributed by atoms with Crippen molar-refractivity contribution < 1.29 is 4.52 Å². The summed E-state index contributed by atoms with van der Waals surface area (Å²) in [5, 5.41) is 4.93. The highest BCUT2D eigenvalue weighted by Gasteiger charge is 2.27. The molecule has 2 aromatic heterocycles. The summed E-state index contributed by atoms with van der Waals surface area (Å²) in [5.41, 5.74) is 4.38. The first kappa shape index (κ1) is 13.5. The van der Waals surface area contributed by atoms with Crippen LogP contribution in [0.1, 0.15) is 0 Å². The fourth-order valence-corrected chi connectivity index (χ4v) is 4.14. The molecule has 3 aromatic carbocycles. The molecule has 0 fully saturated rings. The summed E-state index contributed by atoms with van der Waals surface area (Å²) in [7, 11) is 0. The Labute approximate surface area is 143 Å². The summed E-state index contributed by atoms with van der Waals surface area (Å²) in [4.78, 5) is 3.16. The van der Waals surface area contributed by atoms with Crippen molar-refractivity contribution in [1.29, 1.82) is 0 Å². The van der Waals surface area contributed by atoms with Crippen LogP contribution in [0, 0.1) is 0 Å². The molecule has 0 saturated carbocycles. The lowest BCUT2D eigenvalue weighted by atomic mass is 10.2. The van der Waals surface area contributed by atoms with E-state index in [4.69, 9.17) is 5.10 Å². The Kier molecular flexibility index (Phi) is 2.96. The first-order chi connectivity index (χ1) is 11.9. The van der Waals surface area contributed by atoms with Crippen LogP contribution < -0.4 is 4.52 Å². The smallest absolute Gasteiger partial charge is 0.101 e. The first-order valence-corrected chi connectivity index (χ1v) is 8.67. The number of thiazole rings is 1. The summed E-state index contributed by atoms with van der Waals surface area (Å²) in [6, 6.07) is 29.1.